The molecule has 1 aliphatic rings. The maximum atomic E-state index is 5.77. The van der Waals surface area contributed by atoms with Gasteiger partial charge in [-0.1, -0.05) is 29.8 Å². The first kappa shape index (κ1) is 12.5. The van der Waals surface area contributed by atoms with Crippen molar-refractivity contribution in [3.63, 3.8) is 0 Å². The van der Waals surface area contributed by atoms with Crippen LogP contribution in [-0.2, 0) is 9.47 Å². The van der Waals surface area contributed by atoms with Crippen LogP contribution in [0, 0.1) is 5.92 Å². The SMILES string of the molecule is CCOC1C(Br)CC1OCCC(C)C. The number of alkyl halides is 1. The molecule has 2 nitrogen and oxygen atoms in total. The van der Waals surface area contributed by atoms with Crippen LogP contribution in [0.5, 0.6) is 0 Å². The minimum absolute atomic E-state index is 0.271. The number of ether oxygens (including phenoxy) is 2. The largest absolute Gasteiger partial charge is 0.375 e. The second-order valence-electron chi connectivity index (χ2n) is 4.26. The molecule has 14 heavy (non-hydrogen) atoms. The van der Waals surface area contributed by atoms with Gasteiger partial charge in [-0.25, -0.2) is 0 Å². The van der Waals surface area contributed by atoms with Crippen LogP contribution in [0.1, 0.15) is 33.6 Å². The standard InChI is InChI=1S/C11H21BrO2/c1-4-13-11-9(12)7-10(11)14-6-5-8(2)3/h8-11H,4-7H2,1-3H3. The molecule has 0 aliphatic heterocycles. The lowest BCUT2D eigenvalue weighted by Crippen LogP contribution is -2.50. The highest BCUT2D eigenvalue weighted by Gasteiger charge is 2.40. The summed E-state index contributed by atoms with van der Waals surface area (Å²) in [6.45, 7) is 8.11. The van der Waals surface area contributed by atoms with Gasteiger partial charge in [0, 0.05) is 18.0 Å². The van der Waals surface area contributed by atoms with Gasteiger partial charge in [-0.15, -0.1) is 0 Å². The second kappa shape index (κ2) is 6.09. The lowest BCUT2D eigenvalue weighted by molar-refractivity contribution is -0.120. The van der Waals surface area contributed by atoms with Crippen LogP contribution < -0.4 is 0 Å². The fraction of sp³-hybridized carbons (Fsp3) is 1.00. The van der Waals surface area contributed by atoms with Crippen LogP contribution in [0.2, 0.25) is 0 Å². The van der Waals surface area contributed by atoms with Gasteiger partial charge in [0.1, 0.15) is 0 Å². The van der Waals surface area contributed by atoms with Crippen LogP contribution in [-0.4, -0.2) is 30.2 Å². The third kappa shape index (κ3) is 3.52. The third-order valence-electron chi connectivity index (χ3n) is 2.57. The topological polar surface area (TPSA) is 18.5 Å². The zero-order chi connectivity index (χ0) is 10.6. The third-order valence-corrected chi connectivity index (χ3v) is 3.46. The summed E-state index contributed by atoms with van der Waals surface area (Å²) in [5.41, 5.74) is 0. The van der Waals surface area contributed by atoms with E-state index < -0.39 is 0 Å². The Morgan fingerprint density at radius 3 is 2.57 bits per heavy atom. The van der Waals surface area contributed by atoms with Gasteiger partial charge in [0.05, 0.1) is 12.2 Å². The molecule has 0 bridgehead atoms. The van der Waals surface area contributed by atoms with Crippen LogP contribution in [0.4, 0.5) is 0 Å². The molecule has 1 fully saturated rings. The molecule has 0 aromatic carbocycles. The van der Waals surface area contributed by atoms with Crippen molar-refractivity contribution in [2.24, 2.45) is 5.92 Å². The fourth-order valence-corrected chi connectivity index (χ4v) is 2.41. The van der Waals surface area contributed by atoms with Gasteiger partial charge >= 0.3 is 0 Å². The number of halogens is 1. The van der Waals surface area contributed by atoms with E-state index in [0.717, 1.165) is 32.0 Å². The fourth-order valence-electron chi connectivity index (χ4n) is 1.55. The van der Waals surface area contributed by atoms with E-state index >= 15 is 0 Å². The van der Waals surface area contributed by atoms with Crippen molar-refractivity contribution in [3.8, 4) is 0 Å². The Morgan fingerprint density at radius 1 is 1.36 bits per heavy atom. The van der Waals surface area contributed by atoms with Gasteiger partial charge in [0.25, 0.3) is 0 Å². The Morgan fingerprint density at radius 2 is 2.07 bits per heavy atom. The molecule has 0 N–H and O–H groups in total. The Labute approximate surface area is 95.5 Å². The number of hydrogen-bond donors (Lipinski definition) is 0. The van der Waals surface area contributed by atoms with Gasteiger partial charge < -0.3 is 9.47 Å². The summed E-state index contributed by atoms with van der Waals surface area (Å²) in [6, 6.07) is 0. The van der Waals surface area contributed by atoms with E-state index in [4.69, 9.17) is 9.47 Å². The smallest absolute Gasteiger partial charge is 0.0962 e. The van der Waals surface area contributed by atoms with Gasteiger partial charge in [0.2, 0.25) is 0 Å². The van der Waals surface area contributed by atoms with Crippen LogP contribution in [0.15, 0.2) is 0 Å². The van der Waals surface area contributed by atoms with Gasteiger partial charge in [0.15, 0.2) is 0 Å². The Hall–Kier alpha value is 0.400. The average Bonchev–Trinajstić information content (AvgIpc) is 2.12. The van der Waals surface area contributed by atoms with E-state index in [9.17, 15) is 0 Å². The zero-order valence-corrected chi connectivity index (χ0v) is 10.9. The quantitative estimate of drug-likeness (QED) is 0.687. The molecule has 0 saturated heterocycles. The van der Waals surface area contributed by atoms with Gasteiger partial charge in [-0.05, 0) is 25.7 Å². The highest BCUT2D eigenvalue weighted by molar-refractivity contribution is 9.09. The molecule has 1 saturated carbocycles. The van der Waals surface area contributed by atoms with E-state index in [-0.39, 0.29) is 6.10 Å². The highest BCUT2D eigenvalue weighted by Crippen LogP contribution is 2.33. The summed E-state index contributed by atoms with van der Waals surface area (Å²) in [5, 5.41) is 0. The molecule has 0 aromatic rings. The maximum Gasteiger partial charge on any atom is 0.0962 e. The predicted octanol–water partition coefficient (Wildman–Crippen LogP) is 2.99. The average molecular weight is 265 g/mol. The van der Waals surface area contributed by atoms with E-state index in [1.165, 1.54) is 0 Å². The number of rotatable bonds is 6. The summed E-state index contributed by atoms with van der Waals surface area (Å²) >= 11 is 3.58. The Kier molecular flexibility index (Phi) is 5.42. The summed E-state index contributed by atoms with van der Waals surface area (Å²) in [6.07, 6.45) is 2.82. The molecule has 0 radical (unpaired) electrons. The molecular weight excluding hydrogens is 244 g/mol. The second-order valence-corrected chi connectivity index (χ2v) is 5.44. The summed E-state index contributed by atoms with van der Waals surface area (Å²) in [4.78, 5) is 0.492. The number of hydrogen-bond acceptors (Lipinski definition) is 2. The molecule has 0 heterocycles. The van der Waals surface area contributed by atoms with E-state index in [0.29, 0.717) is 10.9 Å². The first-order valence-corrected chi connectivity index (χ1v) is 6.44. The minimum atomic E-state index is 0.271. The first-order valence-electron chi connectivity index (χ1n) is 5.52. The molecule has 3 heteroatoms. The Balaban J connectivity index is 2.12. The molecular formula is C11H21BrO2. The molecule has 3 unspecified atom stereocenters. The van der Waals surface area contributed by atoms with E-state index in [1.807, 2.05) is 6.92 Å². The van der Waals surface area contributed by atoms with Crippen LogP contribution in [0.3, 0.4) is 0 Å². The minimum Gasteiger partial charge on any atom is -0.375 e. The van der Waals surface area contributed by atoms with Crippen molar-refractivity contribution in [2.45, 2.75) is 50.6 Å². The summed E-state index contributed by atoms with van der Waals surface area (Å²) in [7, 11) is 0. The summed E-state index contributed by atoms with van der Waals surface area (Å²) in [5.74, 6) is 0.723. The maximum absolute atomic E-state index is 5.77. The molecule has 0 aromatic heterocycles. The molecule has 1 rings (SSSR count). The Bertz CT molecular complexity index is 161. The molecule has 0 amide bonds. The van der Waals surface area contributed by atoms with E-state index in [2.05, 4.69) is 29.8 Å². The first-order chi connectivity index (χ1) is 6.65. The van der Waals surface area contributed by atoms with E-state index in [1.54, 1.807) is 0 Å². The molecule has 84 valence electrons. The van der Waals surface area contributed by atoms with Crippen molar-refractivity contribution in [2.75, 3.05) is 13.2 Å². The summed E-state index contributed by atoms with van der Waals surface area (Å²) < 4.78 is 11.4. The van der Waals surface area contributed by atoms with Crippen LogP contribution >= 0.6 is 15.9 Å². The zero-order valence-electron chi connectivity index (χ0n) is 9.33. The van der Waals surface area contributed by atoms with Crippen molar-refractivity contribution in [3.05, 3.63) is 0 Å². The molecule has 0 spiro atoms. The lowest BCUT2D eigenvalue weighted by atomic mass is 9.91. The van der Waals surface area contributed by atoms with Crippen molar-refractivity contribution < 1.29 is 9.47 Å². The van der Waals surface area contributed by atoms with Crippen molar-refractivity contribution >= 4 is 15.9 Å². The molecule has 3 atom stereocenters. The van der Waals surface area contributed by atoms with Crippen LogP contribution in [0.25, 0.3) is 0 Å². The predicted molar refractivity (Wildman–Crippen MR) is 61.9 cm³/mol. The van der Waals surface area contributed by atoms with Crippen molar-refractivity contribution in [1.29, 1.82) is 0 Å². The normalized spacial score (nSPS) is 31.9. The van der Waals surface area contributed by atoms with Gasteiger partial charge in [-0.2, -0.15) is 0 Å². The lowest BCUT2D eigenvalue weighted by Gasteiger charge is -2.40. The monoisotopic (exact) mass is 264 g/mol. The molecule has 1 aliphatic carbocycles. The van der Waals surface area contributed by atoms with Gasteiger partial charge in [-0.3, -0.25) is 0 Å². The highest BCUT2D eigenvalue weighted by atomic mass is 79.9. The van der Waals surface area contributed by atoms with Crippen molar-refractivity contribution in [1.82, 2.24) is 0 Å².